The molecule has 144 valence electrons. The van der Waals surface area contributed by atoms with Gasteiger partial charge in [-0.05, 0) is 38.0 Å². The summed E-state index contributed by atoms with van der Waals surface area (Å²) in [4.78, 5) is 4.56. The summed E-state index contributed by atoms with van der Waals surface area (Å²) in [6, 6.07) is 5.72. The number of aromatic nitrogens is 3. The van der Waals surface area contributed by atoms with E-state index in [1.807, 2.05) is 29.7 Å². The first-order valence-corrected chi connectivity index (χ1v) is 8.77. The number of nitrogens with zero attached hydrogens (tertiary/aromatic N) is 4. The van der Waals surface area contributed by atoms with E-state index in [1.165, 1.54) is 0 Å². The number of hydrogen-bond acceptors (Lipinski definition) is 4. The van der Waals surface area contributed by atoms with Gasteiger partial charge in [0.25, 0.3) is 0 Å². The number of methoxy groups -OCH3 is 1. The summed E-state index contributed by atoms with van der Waals surface area (Å²) < 4.78 is 7.15. The zero-order chi connectivity index (χ0) is 18.1. The number of halogens is 2. The Bertz CT molecular complexity index is 706. The van der Waals surface area contributed by atoms with Crippen LogP contribution in [0.3, 0.4) is 0 Å². The highest BCUT2D eigenvalue weighted by atomic mass is 127. The van der Waals surface area contributed by atoms with Crippen LogP contribution >= 0.6 is 35.6 Å². The van der Waals surface area contributed by atoms with E-state index in [0.29, 0.717) is 11.6 Å². The van der Waals surface area contributed by atoms with Crippen molar-refractivity contribution in [1.82, 2.24) is 25.4 Å². The third-order valence-electron chi connectivity index (χ3n) is 3.71. The van der Waals surface area contributed by atoms with E-state index in [0.717, 1.165) is 49.2 Å². The maximum Gasteiger partial charge on any atom is 0.191 e. The Morgan fingerprint density at radius 2 is 2.12 bits per heavy atom. The molecule has 1 aromatic heterocycles. The number of benzene rings is 1. The number of nitrogens with one attached hydrogen (secondary N) is 2. The molecule has 0 bridgehead atoms. The molecule has 0 atom stereocenters. The van der Waals surface area contributed by atoms with Gasteiger partial charge >= 0.3 is 0 Å². The Balaban J connectivity index is 0.00000338. The van der Waals surface area contributed by atoms with Crippen LogP contribution in [0.1, 0.15) is 25.2 Å². The Labute approximate surface area is 176 Å². The van der Waals surface area contributed by atoms with Crippen molar-refractivity contribution in [1.29, 1.82) is 0 Å². The smallest absolute Gasteiger partial charge is 0.191 e. The molecule has 9 heteroatoms. The molecule has 0 radical (unpaired) electrons. The fraction of sp³-hybridized carbons (Fsp3) is 0.471. The van der Waals surface area contributed by atoms with Gasteiger partial charge in [0.1, 0.15) is 18.6 Å². The van der Waals surface area contributed by atoms with E-state index in [4.69, 9.17) is 16.3 Å². The molecule has 0 fully saturated rings. The van der Waals surface area contributed by atoms with Crippen molar-refractivity contribution < 1.29 is 4.74 Å². The highest BCUT2D eigenvalue weighted by Gasteiger charge is 2.05. The van der Waals surface area contributed by atoms with Crippen LogP contribution in [0.15, 0.2) is 29.5 Å². The first-order valence-electron chi connectivity index (χ1n) is 8.39. The van der Waals surface area contributed by atoms with Crippen LogP contribution in [0.5, 0.6) is 5.75 Å². The quantitative estimate of drug-likeness (QED) is 0.337. The maximum absolute atomic E-state index is 6.28. The zero-order valence-corrected chi connectivity index (χ0v) is 18.4. The van der Waals surface area contributed by atoms with Crippen LogP contribution in [-0.2, 0) is 19.5 Å². The fourth-order valence-electron chi connectivity index (χ4n) is 2.33. The second-order valence-electron chi connectivity index (χ2n) is 5.36. The van der Waals surface area contributed by atoms with Gasteiger partial charge in [0.2, 0.25) is 0 Å². The van der Waals surface area contributed by atoms with Crippen LogP contribution < -0.4 is 15.4 Å². The van der Waals surface area contributed by atoms with Crippen molar-refractivity contribution in [2.75, 3.05) is 20.2 Å². The van der Waals surface area contributed by atoms with Gasteiger partial charge in [0.05, 0.1) is 7.11 Å². The molecule has 2 rings (SSSR count). The first-order chi connectivity index (χ1) is 12.2. The lowest BCUT2D eigenvalue weighted by Crippen LogP contribution is -2.38. The van der Waals surface area contributed by atoms with Gasteiger partial charge in [-0.25, -0.2) is 4.99 Å². The predicted molar refractivity (Wildman–Crippen MR) is 116 cm³/mol. The van der Waals surface area contributed by atoms with E-state index in [2.05, 4.69) is 32.7 Å². The summed E-state index contributed by atoms with van der Waals surface area (Å²) >= 11 is 6.28. The molecule has 0 saturated carbocycles. The first kappa shape index (κ1) is 22.5. The van der Waals surface area contributed by atoms with Crippen LogP contribution in [0.25, 0.3) is 0 Å². The Morgan fingerprint density at radius 1 is 1.31 bits per heavy atom. The predicted octanol–water partition coefficient (Wildman–Crippen LogP) is 2.88. The van der Waals surface area contributed by atoms with Gasteiger partial charge < -0.3 is 19.9 Å². The number of rotatable bonds is 8. The Morgan fingerprint density at radius 3 is 2.77 bits per heavy atom. The molecular formula is C17H26ClIN6O. The van der Waals surface area contributed by atoms with Gasteiger partial charge in [-0.2, -0.15) is 0 Å². The average molecular weight is 493 g/mol. The van der Waals surface area contributed by atoms with E-state index < -0.39 is 0 Å². The average Bonchev–Trinajstić information content (AvgIpc) is 3.08. The van der Waals surface area contributed by atoms with Crippen LogP contribution in [0, 0.1) is 0 Å². The summed E-state index contributed by atoms with van der Waals surface area (Å²) in [6.45, 7) is 6.91. The second kappa shape index (κ2) is 11.9. The third-order valence-corrected chi connectivity index (χ3v) is 4.06. The molecule has 0 spiro atoms. The van der Waals surface area contributed by atoms with Crippen molar-refractivity contribution in [3.05, 3.63) is 40.9 Å². The molecule has 0 saturated heterocycles. The molecule has 0 unspecified atom stereocenters. The van der Waals surface area contributed by atoms with Crippen LogP contribution in [0.2, 0.25) is 5.02 Å². The number of guanidine groups is 1. The molecule has 1 aromatic carbocycles. The Hall–Kier alpha value is -1.55. The van der Waals surface area contributed by atoms with E-state index in [1.54, 1.807) is 13.4 Å². The zero-order valence-electron chi connectivity index (χ0n) is 15.3. The highest BCUT2D eigenvalue weighted by Crippen LogP contribution is 2.22. The van der Waals surface area contributed by atoms with Gasteiger partial charge in [-0.1, -0.05) is 17.7 Å². The molecule has 7 nitrogen and oxygen atoms in total. The normalized spacial score (nSPS) is 11.0. The summed E-state index contributed by atoms with van der Waals surface area (Å²) in [5, 5.41) is 15.3. The molecule has 0 amide bonds. The summed E-state index contributed by atoms with van der Waals surface area (Å²) in [5.74, 6) is 2.35. The number of aliphatic imine (C=N–C) groups is 1. The summed E-state index contributed by atoms with van der Waals surface area (Å²) in [7, 11) is 1.63. The number of hydrogen-bond donors (Lipinski definition) is 2. The number of ether oxygens (including phenoxy) is 1. The largest absolute Gasteiger partial charge is 0.497 e. The summed E-state index contributed by atoms with van der Waals surface area (Å²) in [6.07, 6.45) is 2.51. The van der Waals surface area contributed by atoms with Gasteiger partial charge in [0, 0.05) is 24.7 Å². The van der Waals surface area contributed by atoms with Crippen molar-refractivity contribution in [3.63, 3.8) is 0 Å². The Kier molecular flexibility index (Phi) is 10.3. The van der Waals surface area contributed by atoms with E-state index in [9.17, 15) is 0 Å². The topological polar surface area (TPSA) is 76.4 Å². The third kappa shape index (κ3) is 6.64. The molecule has 0 aliphatic rings. The maximum atomic E-state index is 6.28. The second-order valence-corrected chi connectivity index (χ2v) is 5.77. The van der Waals surface area contributed by atoms with Gasteiger partial charge in [-0.3, -0.25) is 0 Å². The minimum absolute atomic E-state index is 0. The molecule has 0 aliphatic heterocycles. The monoisotopic (exact) mass is 492 g/mol. The van der Waals surface area contributed by atoms with Crippen LogP contribution in [0.4, 0.5) is 0 Å². The van der Waals surface area contributed by atoms with Crippen molar-refractivity contribution in [3.8, 4) is 5.75 Å². The van der Waals surface area contributed by atoms with Gasteiger partial charge in [-0.15, -0.1) is 34.2 Å². The molecule has 0 aliphatic carbocycles. The molecule has 2 aromatic rings. The van der Waals surface area contributed by atoms with Crippen molar-refractivity contribution in [2.24, 2.45) is 4.99 Å². The minimum atomic E-state index is 0. The minimum Gasteiger partial charge on any atom is -0.497 e. The van der Waals surface area contributed by atoms with Gasteiger partial charge in [0.15, 0.2) is 11.8 Å². The lowest BCUT2D eigenvalue weighted by Gasteiger charge is -2.12. The van der Waals surface area contributed by atoms with E-state index >= 15 is 0 Å². The summed E-state index contributed by atoms with van der Waals surface area (Å²) in [5.41, 5.74) is 1.07. The standard InChI is InChI=1S/C17H25ClN6O.HI/c1-4-19-17(21-11-16-23-22-12-24(16)5-2)20-9-8-13-6-7-14(25-3)10-15(13)18;/h6-7,10,12H,4-5,8-9,11H2,1-3H3,(H2,19,20,21);1H. The lowest BCUT2D eigenvalue weighted by atomic mass is 10.1. The SMILES string of the molecule is CCNC(=NCc1nncn1CC)NCCc1ccc(OC)cc1Cl.I. The van der Waals surface area contributed by atoms with Crippen molar-refractivity contribution >= 4 is 41.5 Å². The molecule has 2 N–H and O–H groups in total. The number of aryl methyl sites for hydroxylation is 1. The van der Waals surface area contributed by atoms with Crippen LogP contribution in [-0.4, -0.2) is 40.9 Å². The molecular weight excluding hydrogens is 467 g/mol. The van der Waals surface area contributed by atoms with Crippen molar-refractivity contribution in [2.45, 2.75) is 33.4 Å². The highest BCUT2D eigenvalue weighted by molar-refractivity contribution is 14.0. The fourth-order valence-corrected chi connectivity index (χ4v) is 2.60. The molecule has 26 heavy (non-hydrogen) atoms. The lowest BCUT2D eigenvalue weighted by molar-refractivity contribution is 0.414. The van der Waals surface area contributed by atoms with E-state index in [-0.39, 0.29) is 24.0 Å². The molecule has 1 heterocycles.